The summed E-state index contributed by atoms with van der Waals surface area (Å²) < 4.78 is 28.3. The van der Waals surface area contributed by atoms with Gasteiger partial charge in [0.15, 0.2) is 0 Å². The number of rotatable bonds is 2. The molecule has 2 heterocycles. The molecule has 1 amide bonds. The standard InChI is InChI=1S/C13H18N4O3S/c18-13-10-17(12-5-2-1-4-11(12)15-13)21(19,20)16-8-3-6-14-7-9-16/h1-2,4-5,14H,3,6-10H2,(H,15,18). The summed E-state index contributed by atoms with van der Waals surface area (Å²) in [4.78, 5) is 11.8. The maximum Gasteiger partial charge on any atom is 0.304 e. The van der Waals surface area contributed by atoms with Crippen LogP contribution in [0, 0.1) is 0 Å². The van der Waals surface area contributed by atoms with Crippen molar-refractivity contribution < 1.29 is 13.2 Å². The molecule has 2 aliphatic heterocycles. The Morgan fingerprint density at radius 1 is 1.10 bits per heavy atom. The number of carbonyl (C=O) groups is 1. The molecule has 1 saturated heterocycles. The number of nitrogens with zero attached hydrogens (tertiary/aromatic N) is 2. The Balaban J connectivity index is 1.96. The van der Waals surface area contributed by atoms with Crippen LogP contribution in [0.2, 0.25) is 0 Å². The summed E-state index contributed by atoms with van der Waals surface area (Å²) in [7, 11) is -3.69. The summed E-state index contributed by atoms with van der Waals surface area (Å²) >= 11 is 0. The largest absolute Gasteiger partial charge is 0.323 e. The van der Waals surface area contributed by atoms with Crippen LogP contribution in [0.1, 0.15) is 6.42 Å². The van der Waals surface area contributed by atoms with Crippen LogP contribution in [0.25, 0.3) is 0 Å². The molecule has 7 nitrogen and oxygen atoms in total. The lowest BCUT2D eigenvalue weighted by atomic mass is 10.2. The minimum absolute atomic E-state index is 0.177. The predicted molar refractivity (Wildman–Crippen MR) is 80.4 cm³/mol. The minimum atomic E-state index is -3.69. The van der Waals surface area contributed by atoms with Crippen LogP contribution in [0.5, 0.6) is 0 Å². The molecule has 3 rings (SSSR count). The number of hydrogen-bond donors (Lipinski definition) is 2. The molecular weight excluding hydrogens is 292 g/mol. The van der Waals surface area contributed by atoms with Crippen molar-refractivity contribution in [3.05, 3.63) is 24.3 Å². The minimum Gasteiger partial charge on any atom is -0.323 e. The van der Waals surface area contributed by atoms with E-state index in [1.807, 2.05) is 0 Å². The highest BCUT2D eigenvalue weighted by molar-refractivity contribution is 7.90. The summed E-state index contributed by atoms with van der Waals surface area (Å²) in [5, 5.41) is 5.88. The van der Waals surface area contributed by atoms with Gasteiger partial charge in [0.2, 0.25) is 5.91 Å². The Morgan fingerprint density at radius 2 is 1.90 bits per heavy atom. The average Bonchev–Trinajstić information content (AvgIpc) is 2.76. The van der Waals surface area contributed by atoms with Gasteiger partial charge in [0.1, 0.15) is 6.54 Å². The van der Waals surface area contributed by atoms with Gasteiger partial charge in [-0.25, -0.2) is 4.31 Å². The van der Waals surface area contributed by atoms with Crippen LogP contribution >= 0.6 is 0 Å². The number of nitrogens with one attached hydrogen (secondary N) is 2. The zero-order valence-electron chi connectivity index (χ0n) is 11.6. The van der Waals surface area contributed by atoms with Gasteiger partial charge in [-0.05, 0) is 25.1 Å². The van der Waals surface area contributed by atoms with E-state index in [1.165, 1.54) is 8.61 Å². The van der Waals surface area contributed by atoms with Crippen LogP contribution in [0.4, 0.5) is 11.4 Å². The molecule has 2 N–H and O–H groups in total. The lowest BCUT2D eigenvalue weighted by Crippen LogP contribution is -2.50. The van der Waals surface area contributed by atoms with Crippen molar-refractivity contribution in [2.24, 2.45) is 0 Å². The van der Waals surface area contributed by atoms with Crippen molar-refractivity contribution in [1.29, 1.82) is 0 Å². The van der Waals surface area contributed by atoms with Gasteiger partial charge in [-0.2, -0.15) is 12.7 Å². The van der Waals surface area contributed by atoms with Gasteiger partial charge in [0.25, 0.3) is 0 Å². The molecule has 0 bridgehead atoms. The first-order valence-corrected chi connectivity index (χ1v) is 8.36. The molecule has 1 aromatic carbocycles. The van der Waals surface area contributed by atoms with Gasteiger partial charge in [-0.1, -0.05) is 12.1 Å². The molecule has 0 radical (unpaired) electrons. The topological polar surface area (TPSA) is 81.8 Å². The maximum absolute atomic E-state index is 12.8. The third-order valence-electron chi connectivity index (χ3n) is 3.64. The monoisotopic (exact) mass is 310 g/mol. The molecule has 8 heteroatoms. The van der Waals surface area contributed by atoms with Gasteiger partial charge in [0.05, 0.1) is 11.4 Å². The van der Waals surface area contributed by atoms with Gasteiger partial charge in [0, 0.05) is 19.6 Å². The zero-order chi connectivity index (χ0) is 14.9. The highest BCUT2D eigenvalue weighted by Gasteiger charge is 2.35. The summed E-state index contributed by atoms with van der Waals surface area (Å²) in [6.07, 6.45) is 0.765. The fourth-order valence-electron chi connectivity index (χ4n) is 2.60. The highest BCUT2D eigenvalue weighted by atomic mass is 32.2. The lowest BCUT2D eigenvalue weighted by molar-refractivity contribution is -0.115. The highest BCUT2D eigenvalue weighted by Crippen LogP contribution is 2.32. The van der Waals surface area contributed by atoms with Crippen molar-refractivity contribution in [2.75, 3.05) is 42.3 Å². The molecule has 114 valence electrons. The number of para-hydroxylation sites is 2. The second kappa shape index (κ2) is 5.63. The Labute approximate surface area is 124 Å². The summed E-state index contributed by atoms with van der Waals surface area (Å²) in [5.41, 5.74) is 1.06. The number of fused-ring (bicyclic) bond motifs is 1. The first kappa shape index (κ1) is 14.3. The molecule has 2 aliphatic rings. The van der Waals surface area contributed by atoms with E-state index in [1.54, 1.807) is 24.3 Å². The molecule has 0 unspecified atom stereocenters. The van der Waals surface area contributed by atoms with Gasteiger partial charge in [-0.3, -0.25) is 4.79 Å². The van der Waals surface area contributed by atoms with Crippen LogP contribution in [0.15, 0.2) is 24.3 Å². The molecule has 0 spiro atoms. The Morgan fingerprint density at radius 3 is 2.76 bits per heavy atom. The normalized spacial score (nSPS) is 20.6. The first-order chi connectivity index (χ1) is 10.1. The SMILES string of the molecule is O=C1CN(S(=O)(=O)N2CCCNCC2)c2ccccc2N1. The Hall–Kier alpha value is -1.64. The molecule has 0 aliphatic carbocycles. The fraction of sp³-hybridized carbons (Fsp3) is 0.462. The smallest absolute Gasteiger partial charge is 0.304 e. The van der Waals surface area contributed by atoms with Crippen LogP contribution < -0.4 is 14.9 Å². The van der Waals surface area contributed by atoms with E-state index >= 15 is 0 Å². The van der Waals surface area contributed by atoms with Crippen molar-refractivity contribution >= 4 is 27.5 Å². The fourth-order valence-corrected chi connectivity index (χ4v) is 4.25. The second-order valence-corrected chi connectivity index (χ2v) is 6.94. The van der Waals surface area contributed by atoms with Gasteiger partial charge < -0.3 is 10.6 Å². The number of benzene rings is 1. The van der Waals surface area contributed by atoms with Gasteiger partial charge >= 0.3 is 10.2 Å². The predicted octanol–water partition coefficient (Wildman–Crippen LogP) is -0.0148. The molecule has 1 aromatic rings. The first-order valence-electron chi connectivity index (χ1n) is 6.96. The van der Waals surface area contributed by atoms with Crippen molar-refractivity contribution in [3.8, 4) is 0 Å². The van der Waals surface area contributed by atoms with E-state index in [4.69, 9.17) is 0 Å². The lowest BCUT2D eigenvalue weighted by Gasteiger charge is -2.33. The molecule has 0 aromatic heterocycles. The summed E-state index contributed by atoms with van der Waals surface area (Å²) in [6.45, 7) is 2.14. The van der Waals surface area contributed by atoms with E-state index in [0.29, 0.717) is 31.0 Å². The van der Waals surface area contributed by atoms with Crippen LogP contribution in [0.3, 0.4) is 0 Å². The molecule has 0 atom stereocenters. The van der Waals surface area contributed by atoms with E-state index in [2.05, 4.69) is 10.6 Å². The maximum atomic E-state index is 12.8. The molecule has 21 heavy (non-hydrogen) atoms. The zero-order valence-corrected chi connectivity index (χ0v) is 12.4. The van der Waals surface area contributed by atoms with Gasteiger partial charge in [-0.15, -0.1) is 0 Å². The van der Waals surface area contributed by atoms with Crippen molar-refractivity contribution in [3.63, 3.8) is 0 Å². The number of anilines is 2. The van der Waals surface area contributed by atoms with Crippen molar-refractivity contribution in [1.82, 2.24) is 9.62 Å². The third kappa shape index (κ3) is 2.74. The summed E-state index contributed by atoms with van der Waals surface area (Å²) in [6, 6.07) is 6.95. The van der Waals surface area contributed by atoms with Crippen molar-refractivity contribution in [2.45, 2.75) is 6.42 Å². The van der Waals surface area contributed by atoms with Crippen LogP contribution in [-0.4, -0.2) is 51.4 Å². The van der Waals surface area contributed by atoms with E-state index in [0.717, 1.165) is 13.0 Å². The third-order valence-corrected chi connectivity index (χ3v) is 5.54. The Kier molecular flexibility index (Phi) is 3.83. The number of hydrogen-bond acceptors (Lipinski definition) is 4. The quantitative estimate of drug-likeness (QED) is 0.805. The average molecular weight is 310 g/mol. The molecule has 1 fully saturated rings. The van der Waals surface area contributed by atoms with E-state index in [-0.39, 0.29) is 12.5 Å². The second-order valence-electron chi connectivity index (χ2n) is 5.08. The van der Waals surface area contributed by atoms with E-state index in [9.17, 15) is 13.2 Å². The van der Waals surface area contributed by atoms with E-state index < -0.39 is 10.2 Å². The summed E-state index contributed by atoms with van der Waals surface area (Å²) in [5.74, 6) is -0.315. The van der Waals surface area contributed by atoms with Crippen LogP contribution in [-0.2, 0) is 15.0 Å². The number of carbonyl (C=O) groups excluding carboxylic acids is 1. The molecule has 0 saturated carbocycles. The molecular formula is C13H18N4O3S. The Bertz CT molecular complexity index is 639. The number of amides is 1.